The fourth-order valence-corrected chi connectivity index (χ4v) is 4.10. The van der Waals surface area contributed by atoms with Crippen LogP contribution in [0.5, 0.6) is 0 Å². The Labute approximate surface area is 165 Å². The van der Waals surface area contributed by atoms with Crippen molar-refractivity contribution in [1.29, 1.82) is 0 Å². The van der Waals surface area contributed by atoms with Crippen molar-refractivity contribution in [2.45, 2.75) is 25.7 Å². The summed E-state index contributed by atoms with van der Waals surface area (Å²) in [5, 5.41) is 5.25. The molecular weight excluding hydrogens is 376 g/mol. The van der Waals surface area contributed by atoms with E-state index in [1.165, 1.54) is 12.4 Å². The zero-order valence-corrected chi connectivity index (χ0v) is 15.8. The minimum Gasteiger partial charge on any atom is -0.354 e. The molecule has 2 atom stereocenters. The van der Waals surface area contributed by atoms with Gasteiger partial charge in [0.05, 0.1) is 5.69 Å². The molecular formula is C20H19F2N7. The molecule has 0 N–H and O–H groups in total. The highest BCUT2D eigenvalue weighted by Crippen LogP contribution is 2.36. The van der Waals surface area contributed by atoms with Crippen molar-refractivity contribution in [3.05, 3.63) is 54.4 Å². The lowest BCUT2D eigenvalue weighted by Gasteiger charge is -2.38. The number of rotatable bonds is 3. The number of hydrogen-bond donors (Lipinski definition) is 0. The first-order chi connectivity index (χ1) is 14.1. The average Bonchev–Trinajstić information content (AvgIpc) is 3.22. The van der Waals surface area contributed by atoms with E-state index in [0.717, 1.165) is 29.7 Å². The predicted molar refractivity (Wildman–Crippen MR) is 104 cm³/mol. The average molecular weight is 395 g/mol. The van der Waals surface area contributed by atoms with Gasteiger partial charge in [0.1, 0.15) is 17.5 Å². The first-order valence-corrected chi connectivity index (χ1v) is 9.55. The summed E-state index contributed by atoms with van der Waals surface area (Å²) in [5.41, 5.74) is 1.28. The molecule has 0 aromatic carbocycles. The molecule has 1 fully saturated rings. The van der Waals surface area contributed by atoms with Crippen molar-refractivity contribution in [1.82, 2.24) is 29.5 Å². The maximum absolute atomic E-state index is 13.4. The number of aromatic nitrogens is 6. The van der Waals surface area contributed by atoms with E-state index in [9.17, 15) is 8.78 Å². The summed E-state index contributed by atoms with van der Waals surface area (Å²) in [5.74, 6) is 1.29. The molecule has 1 aliphatic heterocycles. The summed E-state index contributed by atoms with van der Waals surface area (Å²) < 4.78 is 28.4. The van der Waals surface area contributed by atoms with Crippen LogP contribution in [-0.4, -0.2) is 42.6 Å². The van der Waals surface area contributed by atoms with Crippen LogP contribution in [0.3, 0.4) is 0 Å². The van der Waals surface area contributed by atoms with Crippen molar-refractivity contribution in [3.63, 3.8) is 0 Å². The number of fused-ring (bicyclic) bond motifs is 2. The molecule has 9 heteroatoms. The van der Waals surface area contributed by atoms with Gasteiger partial charge in [0.25, 0.3) is 12.2 Å². The number of alkyl halides is 2. The lowest BCUT2D eigenvalue weighted by atomic mass is 9.84. The monoisotopic (exact) mass is 395 g/mol. The van der Waals surface area contributed by atoms with E-state index in [1.54, 1.807) is 16.9 Å². The zero-order chi connectivity index (χ0) is 20.0. The van der Waals surface area contributed by atoms with E-state index < -0.39 is 6.43 Å². The van der Waals surface area contributed by atoms with Crippen molar-refractivity contribution in [2.24, 2.45) is 5.92 Å². The van der Waals surface area contributed by atoms with Gasteiger partial charge in [-0.15, -0.1) is 0 Å². The van der Waals surface area contributed by atoms with Crippen molar-refractivity contribution >= 4 is 22.5 Å². The topological polar surface area (TPSA) is 72.1 Å². The number of hydrogen-bond acceptors (Lipinski definition) is 6. The van der Waals surface area contributed by atoms with Crippen molar-refractivity contribution in [3.8, 4) is 0 Å². The van der Waals surface area contributed by atoms with Crippen LogP contribution in [0.25, 0.3) is 16.7 Å². The third kappa shape index (κ3) is 3.06. The Kier molecular flexibility index (Phi) is 4.30. The molecule has 0 unspecified atom stereocenters. The van der Waals surface area contributed by atoms with Crippen LogP contribution >= 0.6 is 0 Å². The molecule has 29 heavy (non-hydrogen) atoms. The number of piperidine rings is 1. The Hall–Kier alpha value is -3.23. The molecule has 0 saturated carbocycles. The van der Waals surface area contributed by atoms with Crippen LogP contribution in [0.15, 0.2) is 43.0 Å². The Morgan fingerprint density at radius 1 is 1.14 bits per heavy atom. The minimum absolute atomic E-state index is 0.0192. The summed E-state index contributed by atoms with van der Waals surface area (Å²) >= 11 is 0. The lowest BCUT2D eigenvalue weighted by Crippen LogP contribution is -2.40. The highest BCUT2D eigenvalue weighted by Gasteiger charge is 2.32. The summed E-state index contributed by atoms with van der Waals surface area (Å²) in [7, 11) is 0. The molecule has 1 aliphatic rings. The lowest BCUT2D eigenvalue weighted by molar-refractivity contribution is 0.146. The Balaban J connectivity index is 1.58. The maximum atomic E-state index is 13.4. The summed E-state index contributed by atoms with van der Waals surface area (Å²) in [6.07, 6.45) is 3.13. The second-order valence-corrected chi connectivity index (χ2v) is 7.41. The van der Waals surface area contributed by atoms with E-state index in [0.29, 0.717) is 12.2 Å². The van der Waals surface area contributed by atoms with Crippen molar-refractivity contribution in [2.75, 3.05) is 18.0 Å². The fraction of sp³-hybridized carbons (Fsp3) is 0.350. The van der Waals surface area contributed by atoms with Gasteiger partial charge in [0.2, 0.25) is 0 Å². The maximum Gasteiger partial charge on any atom is 0.280 e. The second-order valence-electron chi connectivity index (χ2n) is 7.41. The first-order valence-electron chi connectivity index (χ1n) is 9.55. The van der Waals surface area contributed by atoms with Crippen molar-refractivity contribution < 1.29 is 8.78 Å². The van der Waals surface area contributed by atoms with E-state index in [1.807, 2.05) is 18.2 Å². The number of nitrogens with zero attached hydrogens (tertiary/aromatic N) is 7. The van der Waals surface area contributed by atoms with E-state index in [-0.39, 0.29) is 23.3 Å². The van der Waals surface area contributed by atoms with Gasteiger partial charge in [0, 0.05) is 36.8 Å². The summed E-state index contributed by atoms with van der Waals surface area (Å²) in [6, 6.07) is 7.31. The fourth-order valence-electron chi connectivity index (χ4n) is 4.10. The summed E-state index contributed by atoms with van der Waals surface area (Å²) in [4.78, 5) is 19.2. The smallest absolute Gasteiger partial charge is 0.280 e. The van der Waals surface area contributed by atoms with Gasteiger partial charge in [-0.3, -0.25) is 4.98 Å². The number of pyridine rings is 2. The van der Waals surface area contributed by atoms with Crippen LogP contribution in [0.2, 0.25) is 0 Å². The molecule has 0 spiro atoms. The molecule has 0 bridgehead atoms. The van der Waals surface area contributed by atoms with Crippen LogP contribution in [-0.2, 0) is 0 Å². The van der Waals surface area contributed by atoms with E-state index in [2.05, 4.69) is 36.9 Å². The number of anilines is 1. The van der Waals surface area contributed by atoms with Crippen LogP contribution in [0, 0.1) is 5.92 Å². The predicted octanol–water partition coefficient (Wildman–Crippen LogP) is 3.64. The molecule has 5 rings (SSSR count). The van der Waals surface area contributed by atoms with Gasteiger partial charge in [-0.05, 0) is 30.5 Å². The molecule has 0 aliphatic carbocycles. The summed E-state index contributed by atoms with van der Waals surface area (Å²) in [6.45, 7) is 3.60. The molecule has 0 amide bonds. The largest absolute Gasteiger partial charge is 0.354 e. The second kappa shape index (κ2) is 6.98. The van der Waals surface area contributed by atoms with Crippen LogP contribution < -0.4 is 4.90 Å². The van der Waals surface area contributed by atoms with E-state index in [4.69, 9.17) is 0 Å². The third-order valence-electron chi connectivity index (χ3n) is 5.66. The molecule has 7 nitrogen and oxygen atoms in total. The molecule has 4 aromatic rings. The minimum atomic E-state index is -2.66. The van der Waals surface area contributed by atoms with Gasteiger partial charge >= 0.3 is 0 Å². The Bertz CT molecular complexity index is 1170. The van der Waals surface area contributed by atoms with Gasteiger partial charge in [-0.1, -0.05) is 13.0 Å². The quantitative estimate of drug-likeness (QED) is 0.527. The zero-order valence-electron chi connectivity index (χ0n) is 15.8. The molecule has 148 valence electrons. The third-order valence-corrected chi connectivity index (χ3v) is 5.66. The molecule has 0 radical (unpaired) electrons. The van der Waals surface area contributed by atoms with Crippen LogP contribution in [0.1, 0.15) is 37.1 Å². The number of halogens is 2. The molecule has 1 saturated heterocycles. The molecule has 5 heterocycles. The van der Waals surface area contributed by atoms with Gasteiger partial charge in [-0.25, -0.2) is 23.3 Å². The Morgan fingerprint density at radius 3 is 2.90 bits per heavy atom. The van der Waals surface area contributed by atoms with E-state index >= 15 is 0 Å². The normalized spacial score (nSPS) is 20.1. The van der Waals surface area contributed by atoms with Crippen LogP contribution in [0.4, 0.5) is 14.6 Å². The Morgan fingerprint density at radius 2 is 2.03 bits per heavy atom. The standard InChI is InChI=1S/C20H19F2N7/c1-12-5-8-28(19-17-13(4-7-24-19)3-2-6-23-17)10-14(12)16-9-15(18(21)22)27-20-25-11-26-29(16)20/h2-4,6-7,9,11-12,14,18H,5,8,10H2,1H3/t12-,14-/m1/s1. The van der Waals surface area contributed by atoms with Gasteiger partial charge in [0.15, 0.2) is 5.82 Å². The molecule has 4 aromatic heterocycles. The SMILES string of the molecule is C[C@@H]1CCN(c2nccc3cccnc23)C[C@H]1c1cc(C(F)F)nc2ncnn12. The highest BCUT2D eigenvalue weighted by atomic mass is 19.3. The first kappa shape index (κ1) is 17.8. The highest BCUT2D eigenvalue weighted by molar-refractivity contribution is 5.88. The van der Waals surface area contributed by atoms with Gasteiger partial charge in [-0.2, -0.15) is 10.1 Å². The van der Waals surface area contributed by atoms with Gasteiger partial charge < -0.3 is 4.90 Å².